The number of anilines is 3. The number of carbonyl (C=O) groups excluding carboxylic acids is 5. The number of unbranched alkanes of at least 4 members (excludes halogenated alkanes) is 3. The number of ketones is 2. The fourth-order valence-corrected chi connectivity index (χ4v) is 32.3. The number of aromatic nitrogens is 9. The van der Waals surface area contributed by atoms with Gasteiger partial charge in [-0.1, -0.05) is 54.6 Å². The van der Waals surface area contributed by atoms with Crippen molar-refractivity contribution in [1.82, 2.24) is 84.1 Å². The summed E-state index contributed by atoms with van der Waals surface area (Å²) in [5, 5.41) is 9.14. The minimum absolute atomic E-state index is 0.0419. The van der Waals surface area contributed by atoms with E-state index in [1.165, 1.54) is 79.2 Å². The smallest absolute Gasteiger partial charge is 0.255 e. The van der Waals surface area contributed by atoms with E-state index in [9.17, 15) is 24.0 Å². The Morgan fingerprint density at radius 2 is 0.752 bits per heavy atom. The van der Waals surface area contributed by atoms with Gasteiger partial charge in [-0.2, -0.15) is 0 Å². The van der Waals surface area contributed by atoms with E-state index in [0.29, 0.717) is 75.9 Å². The largest absolute Gasteiger partial charge is 0.341 e. The molecule has 6 aromatic carbocycles. The number of Topliss-reactive ketones (excluding diaryl/α,β-unsaturated/α-hetero) is 1. The number of ether oxygens (including phenoxy) is 3. The number of hydrogen-bond donors (Lipinski definition) is 3. The maximum Gasteiger partial charge on any atom is 0.255 e. The van der Waals surface area contributed by atoms with Crippen molar-refractivity contribution in [3.63, 3.8) is 0 Å². The minimum atomic E-state index is -2.21. The molecule has 149 heavy (non-hydrogen) atoms. The molecular weight excluding hydrogens is 2040 g/mol. The van der Waals surface area contributed by atoms with Gasteiger partial charge >= 0.3 is 113 Å². The zero-order chi connectivity index (χ0) is 107. The van der Waals surface area contributed by atoms with Gasteiger partial charge in [-0.15, -0.1) is 0 Å². The van der Waals surface area contributed by atoms with E-state index in [2.05, 4.69) is 159 Å². The number of nitrogens with one attached hydrogen (secondary N) is 3. The zero-order valence-electron chi connectivity index (χ0n) is 90.9. The van der Waals surface area contributed by atoms with Crippen molar-refractivity contribution in [2.45, 2.75) is 159 Å². The third-order valence-corrected chi connectivity index (χ3v) is 43.5. The van der Waals surface area contributed by atoms with Gasteiger partial charge in [0, 0.05) is 286 Å². The van der Waals surface area contributed by atoms with Gasteiger partial charge < -0.3 is 45.0 Å². The number of rotatable bonds is 39. The SMILES string of the molecule is C/C(=C\C(=O)c1cncc(-c2ccnc(Cc3cc(NC(=O)c4ccc(CN5CCN(C)CC5)cc4)ccc3C)n2)c1)N(C)C.C=[C](OC)[Sn]([CH2]CCC)([CH2]CCC)[CH2]CCC.CC(=O)c1cncc(-c2ccnc(Cc3cc(NC(=O)c4ccc(CN5CCN(C)CC5)cc4)ccc3C)n2)c1.COC(C)(OC)N(C)C.Cc1ccc(NC(=O)c2ccc(CN3CCN(C)CC3)cc2)cc1Cc1nccc(-c2cncc(Br)c2)n1. The third-order valence-electron chi connectivity index (χ3n) is 27.9. The van der Waals surface area contributed by atoms with Crippen LogP contribution in [0.5, 0.6) is 0 Å². The maximum absolute atomic E-state index is 13.1. The standard InChI is InChI=1S/C36H41N7O2.C32H34N6O2.C30H31BrN6O.C6H15NO2.3C4H9.C3H5O.Sn/c1-25-6-11-32(39-36(45)28-9-7-27(8-10-28)24-43-16-14-42(5)15-17-43)20-29(25)21-35-38-13-12-33(40-35)30-19-31(23-37-22-30)34(44)18-26(2)41(3)4;1-22-4-9-29(35-32(40)25-7-5-24(6-8-25)21-38-14-12-37(3)13-15-38)17-26(22)18-31-34-11-10-30(36-31)28-16-27(23(2)39)19-33-20-28;1-21-3-8-27(16-24(21)17-29-33-10-9-28(35-29)25-15-26(31)19-32-18-25)34-30(38)23-6-4-22(5-7-23)20-37-13-11-36(2)12-14-37;1-6(8-4,9-5)7(2)3;4*1-3-4-2;/h6-13,18-20,22-23H,14-17,21,24H2,1-5H3,(H,39,45);4-11,16-17,19-20H,12-15,18,21H2,1-3H3,(H,35,40);3-10,15-16,18-19H,11-14,17,20H2,1-2H3,(H,34,38);1-5H3;3*1,3-4H2,2H3;1H2,2H3;/b26-18+;;;;;;;;. The number of nitrogens with zero attached hydrogens (tertiary/aromatic N) is 17. The number of pyridine rings is 3. The number of carbonyl (C=O) groups is 5. The topological polar surface area (TPSA) is 291 Å². The average molecular weight is 2190 g/mol. The van der Waals surface area contributed by atoms with Gasteiger partial charge in [-0.05, 0) is 245 Å². The first kappa shape index (κ1) is 117. The summed E-state index contributed by atoms with van der Waals surface area (Å²) in [5.41, 5.74) is 20.7. The first-order valence-corrected chi connectivity index (χ1v) is 60.0. The van der Waals surface area contributed by atoms with Crippen LogP contribution in [0.1, 0.15) is 199 Å². The molecule has 3 amide bonds. The summed E-state index contributed by atoms with van der Waals surface area (Å²) in [6, 6.07) is 52.5. The summed E-state index contributed by atoms with van der Waals surface area (Å²) in [6.45, 7) is 38.2. The second kappa shape index (κ2) is 58.8. The van der Waals surface area contributed by atoms with Gasteiger partial charge in [0.1, 0.15) is 17.5 Å². The fraction of sp³-hybridized carbons (Fsp3) is 0.395. The Balaban J connectivity index is 0.000000190. The van der Waals surface area contributed by atoms with Gasteiger partial charge in [0.15, 0.2) is 11.6 Å². The van der Waals surface area contributed by atoms with Crippen LogP contribution in [0.4, 0.5) is 17.1 Å². The van der Waals surface area contributed by atoms with Crippen LogP contribution in [0.2, 0.25) is 13.3 Å². The summed E-state index contributed by atoms with van der Waals surface area (Å²) in [5.74, 6) is 0.851. The Labute approximate surface area is 895 Å². The number of piperazine rings is 3. The molecule has 0 saturated carbocycles. The molecule has 28 nitrogen and oxygen atoms in total. The molecule has 3 saturated heterocycles. The van der Waals surface area contributed by atoms with E-state index >= 15 is 0 Å². The number of amides is 3. The van der Waals surface area contributed by atoms with Gasteiger partial charge in [0.2, 0.25) is 5.91 Å². The molecule has 0 aliphatic carbocycles. The predicted octanol–water partition coefficient (Wildman–Crippen LogP) is 21.0. The van der Waals surface area contributed by atoms with Gasteiger partial charge in [0.25, 0.3) is 17.7 Å². The van der Waals surface area contributed by atoms with E-state index in [1.54, 1.807) is 88.2 Å². The van der Waals surface area contributed by atoms with Gasteiger partial charge in [0.05, 0.1) is 17.1 Å². The molecular formula is C119H153BrN20O8Sn. The monoisotopic (exact) mass is 2190 g/mol. The number of hydrogen-bond acceptors (Lipinski definition) is 25. The third kappa shape index (κ3) is 36.6. The molecule has 3 aliphatic rings. The van der Waals surface area contributed by atoms with Crippen LogP contribution in [0.15, 0.2) is 246 Å². The van der Waals surface area contributed by atoms with Crippen molar-refractivity contribution in [3.8, 4) is 33.8 Å². The second-order valence-electron chi connectivity index (χ2n) is 39.6. The Bertz CT molecular complexity index is 6380. The maximum atomic E-state index is 13.1. The molecule has 15 rings (SSSR count). The van der Waals surface area contributed by atoms with Crippen molar-refractivity contribution < 1.29 is 38.2 Å². The minimum Gasteiger partial charge on any atom is -0.341 e. The van der Waals surface area contributed by atoms with Crippen LogP contribution in [0.3, 0.4) is 0 Å². The van der Waals surface area contributed by atoms with Crippen molar-refractivity contribution >= 4 is 80.7 Å². The van der Waals surface area contributed by atoms with Gasteiger partial charge in [-0.3, -0.25) is 58.5 Å². The summed E-state index contributed by atoms with van der Waals surface area (Å²) < 4.78 is 22.2. The zero-order valence-corrected chi connectivity index (χ0v) is 95.3. The molecule has 30 heteroatoms. The van der Waals surface area contributed by atoms with E-state index in [4.69, 9.17) is 29.2 Å². The Kier molecular flexibility index (Phi) is 46.2. The van der Waals surface area contributed by atoms with E-state index in [0.717, 1.165) is 181 Å². The number of halogens is 1. The molecule has 12 aromatic rings. The number of allylic oxidation sites excluding steroid dienone is 2. The van der Waals surface area contributed by atoms with Crippen LogP contribution >= 0.6 is 15.9 Å². The summed E-state index contributed by atoms with van der Waals surface area (Å²) in [4.78, 5) is 122. The molecule has 3 aliphatic heterocycles. The Morgan fingerprint density at radius 3 is 1.05 bits per heavy atom. The number of methoxy groups -OCH3 is 3. The number of likely N-dealkylation sites (N-methyl/N-ethyl adjacent to an activating group) is 3. The molecule has 6 aromatic heterocycles. The molecule has 0 bridgehead atoms. The van der Waals surface area contributed by atoms with E-state index in [1.807, 2.05) is 212 Å². The van der Waals surface area contributed by atoms with E-state index in [-0.39, 0.29) is 29.3 Å². The Hall–Kier alpha value is -12.2. The first-order valence-electron chi connectivity index (χ1n) is 51.8. The summed E-state index contributed by atoms with van der Waals surface area (Å²) in [6.07, 6.45) is 26.5. The van der Waals surface area contributed by atoms with Crippen LogP contribution in [-0.2, 0) is 53.1 Å². The first-order chi connectivity index (χ1) is 71.6. The van der Waals surface area contributed by atoms with E-state index < -0.39 is 24.3 Å². The molecule has 0 radical (unpaired) electrons. The van der Waals surface area contributed by atoms with Crippen molar-refractivity contribution in [3.05, 3.63) is 342 Å². The van der Waals surface area contributed by atoms with Crippen LogP contribution < -0.4 is 16.0 Å². The Morgan fingerprint density at radius 1 is 0.430 bits per heavy atom. The predicted molar refractivity (Wildman–Crippen MR) is 606 cm³/mol. The number of benzene rings is 6. The molecule has 3 N–H and O–H groups in total. The van der Waals surface area contributed by atoms with Gasteiger partial charge in [-0.25, -0.2) is 29.9 Å². The number of aryl methyl sites for hydroxylation is 3. The van der Waals surface area contributed by atoms with Crippen molar-refractivity contribution in [1.29, 1.82) is 0 Å². The summed E-state index contributed by atoms with van der Waals surface area (Å²) >= 11 is 1.26. The molecule has 3 fully saturated rings. The van der Waals surface area contributed by atoms with Crippen LogP contribution in [-0.4, -0.2) is 287 Å². The van der Waals surface area contributed by atoms with Crippen LogP contribution in [0.25, 0.3) is 33.8 Å². The molecule has 0 atom stereocenters. The average Bonchev–Trinajstić information content (AvgIpc) is 0.811. The molecule has 0 spiro atoms. The molecule has 9 heterocycles. The summed E-state index contributed by atoms with van der Waals surface area (Å²) in [7, 11) is 19.1. The fourth-order valence-electron chi connectivity index (χ4n) is 17.4. The van der Waals surface area contributed by atoms with Crippen LogP contribution in [0, 0.1) is 20.8 Å². The van der Waals surface area contributed by atoms with Crippen molar-refractivity contribution in [2.24, 2.45) is 0 Å². The second-order valence-corrected chi connectivity index (χ2v) is 53.7. The quantitative estimate of drug-likeness (QED) is 0.0106. The normalized spacial score (nSPS) is 13.9. The van der Waals surface area contributed by atoms with Crippen molar-refractivity contribution in [2.75, 3.05) is 165 Å². The molecule has 0 unspecified atom stereocenters. The molecule has 788 valence electrons.